The van der Waals surface area contributed by atoms with Gasteiger partial charge < -0.3 is 10.5 Å². The number of nitrogens with one attached hydrogen (secondary N) is 1. The quantitative estimate of drug-likeness (QED) is 0.472. The molecule has 0 atom stereocenters. The Morgan fingerprint density at radius 3 is 2.72 bits per heavy atom. The van der Waals surface area contributed by atoms with E-state index in [0.717, 1.165) is 0 Å². The summed E-state index contributed by atoms with van der Waals surface area (Å²) in [5.41, 5.74) is 7.04. The van der Waals surface area contributed by atoms with Crippen molar-refractivity contribution in [3.8, 4) is 17.7 Å². The van der Waals surface area contributed by atoms with E-state index >= 15 is 0 Å². The summed E-state index contributed by atoms with van der Waals surface area (Å²) in [6, 6.07) is 9.91. The number of nitrogens with two attached hydrogens (primary N) is 1. The number of nitrogen functional groups attached to an aromatic ring is 1. The van der Waals surface area contributed by atoms with Crippen molar-refractivity contribution in [2.45, 2.75) is 0 Å². The number of para-hydroxylation sites is 1. The van der Waals surface area contributed by atoms with Crippen LogP contribution in [0.3, 0.4) is 0 Å². The predicted molar refractivity (Wildman–Crippen MR) is 69.9 cm³/mol. The molecule has 5 heteroatoms. The Labute approximate surface area is 105 Å². The number of aromatic nitrogens is 2. The molecular weight excluding hydrogens is 228 g/mol. The molecule has 0 aliphatic rings. The van der Waals surface area contributed by atoms with Crippen LogP contribution in [0.1, 0.15) is 5.56 Å². The fourth-order valence-electron chi connectivity index (χ4n) is 1.40. The second-order valence-corrected chi connectivity index (χ2v) is 3.38. The van der Waals surface area contributed by atoms with Crippen molar-refractivity contribution in [1.82, 2.24) is 9.97 Å². The lowest BCUT2D eigenvalue weighted by atomic mass is 10.2. The van der Waals surface area contributed by atoms with Crippen LogP contribution in [-0.2, 0) is 0 Å². The number of hydrogen-bond acceptors (Lipinski definition) is 5. The summed E-state index contributed by atoms with van der Waals surface area (Å²) in [6.45, 7) is 0. The highest BCUT2D eigenvalue weighted by atomic mass is 16.5. The summed E-state index contributed by atoms with van der Waals surface area (Å²) in [7, 11) is 1.56. The number of anilines is 2. The topological polar surface area (TPSA) is 73.1 Å². The Hall–Kier alpha value is -2.74. The van der Waals surface area contributed by atoms with Crippen molar-refractivity contribution in [3.05, 3.63) is 42.2 Å². The average molecular weight is 240 g/mol. The van der Waals surface area contributed by atoms with Crippen molar-refractivity contribution in [2.24, 2.45) is 0 Å². The number of nitrogens with zero attached hydrogens (tertiary/aromatic N) is 2. The largest absolute Gasteiger partial charge is 0.493 e. The number of rotatable bonds is 2. The van der Waals surface area contributed by atoms with Crippen LogP contribution >= 0.6 is 0 Å². The first-order chi connectivity index (χ1) is 8.81. The zero-order chi connectivity index (χ0) is 12.8. The highest BCUT2D eigenvalue weighted by Crippen LogP contribution is 2.24. The van der Waals surface area contributed by atoms with E-state index in [-0.39, 0.29) is 0 Å². The minimum atomic E-state index is 0.452. The summed E-state index contributed by atoms with van der Waals surface area (Å²) < 4.78 is 5.19. The van der Waals surface area contributed by atoms with Gasteiger partial charge in [0.1, 0.15) is 0 Å². The Bertz CT molecular complexity index is 587. The summed E-state index contributed by atoms with van der Waals surface area (Å²) in [5, 5.41) is 2.78. The van der Waals surface area contributed by atoms with Gasteiger partial charge in [0.15, 0.2) is 5.75 Å². The van der Waals surface area contributed by atoms with Crippen LogP contribution in [0.15, 0.2) is 36.7 Å². The fourth-order valence-corrected chi connectivity index (χ4v) is 1.40. The van der Waals surface area contributed by atoms with Gasteiger partial charge in [-0.3, -0.25) is 5.32 Å². The van der Waals surface area contributed by atoms with Crippen LogP contribution in [0.2, 0.25) is 0 Å². The van der Waals surface area contributed by atoms with E-state index in [9.17, 15) is 0 Å². The van der Waals surface area contributed by atoms with Crippen molar-refractivity contribution in [3.63, 3.8) is 0 Å². The van der Waals surface area contributed by atoms with E-state index in [1.165, 1.54) is 0 Å². The molecule has 0 bridgehead atoms. The molecular formula is C13H12N4O. The van der Waals surface area contributed by atoms with Gasteiger partial charge in [0.05, 0.1) is 18.4 Å². The molecule has 2 rings (SSSR count). The first-order valence-electron chi connectivity index (χ1n) is 5.28. The molecule has 2 aromatic rings. The van der Waals surface area contributed by atoms with E-state index < -0.39 is 0 Å². The molecule has 0 aliphatic carbocycles. The standard InChI is InChI=1S/C13H12N4O/c1-18-12-10(4-2-5-11(12)14)6-9-17-13-15-7-3-8-16-13/h2-5,7-8H,14H2,1H3,(H,15,16,17). The molecule has 1 aromatic heterocycles. The van der Waals surface area contributed by atoms with E-state index in [0.29, 0.717) is 22.9 Å². The summed E-state index contributed by atoms with van der Waals surface area (Å²) in [4.78, 5) is 7.98. The Morgan fingerprint density at radius 2 is 2.00 bits per heavy atom. The maximum Gasteiger partial charge on any atom is 0.234 e. The van der Waals surface area contributed by atoms with Crippen molar-refractivity contribution in [2.75, 3.05) is 18.2 Å². The van der Waals surface area contributed by atoms with Gasteiger partial charge in [-0.25, -0.2) is 9.97 Å². The van der Waals surface area contributed by atoms with Gasteiger partial charge in [-0.1, -0.05) is 6.07 Å². The van der Waals surface area contributed by atoms with Gasteiger partial charge in [0, 0.05) is 18.4 Å². The minimum absolute atomic E-state index is 0.452. The Morgan fingerprint density at radius 1 is 1.22 bits per heavy atom. The molecule has 18 heavy (non-hydrogen) atoms. The number of benzene rings is 1. The second kappa shape index (κ2) is 5.55. The van der Waals surface area contributed by atoms with E-state index in [1.54, 1.807) is 31.6 Å². The van der Waals surface area contributed by atoms with Crippen LogP contribution in [-0.4, -0.2) is 17.1 Å². The van der Waals surface area contributed by atoms with Crippen molar-refractivity contribution >= 4 is 11.6 Å². The Balaban J connectivity index is 2.18. The average Bonchev–Trinajstić information content (AvgIpc) is 2.40. The molecule has 90 valence electrons. The molecule has 0 spiro atoms. The monoisotopic (exact) mass is 240 g/mol. The zero-order valence-corrected chi connectivity index (χ0v) is 9.84. The minimum Gasteiger partial charge on any atom is -0.493 e. The molecule has 0 radical (unpaired) electrons. The van der Waals surface area contributed by atoms with Gasteiger partial charge in [0.25, 0.3) is 0 Å². The van der Waals surface area contributed by atoms with Crippen LogP contribution in [0.25, 0.3) is 0 Å². The highest BCUT2D eigenvalue weighted by molar-refractivity contribution is 5.62. The second-order valence-electron chi connectivity index (χ2n) is 3.38. The van der Waals surface area contributed by atoms with Gasteiger partial charge in [-0.2, -0.15) is 0 Å². The molecule has 5 nitrogen and oxygen atoms in total. The molecule has 1 aromatic carbocycles. The maximum atomic E-state index is 5.78. The Kier molecular flexibility index (Phi) is 3.62. The molecule has 0 saturated heterocycles. The molecule has 0 aliphatic heterocycles. The van der Waals surface area contributed by atoms with Gasteiger partial charge >= 0.3 is 0 Å². The van der Waals surface area contributed by atoms with Gasteiger partial charge in [-0.15, -0.1) is 0 Å². The maximum absolute atomic E-state index is 5.78. The third-order valence-corrected chi connectivity index (χ3v) is 2.19. The van der Waals surface area contributed by atoms with Gasteiger partial charge in [0.2, 0.25) is 5.95 Å². The van der Waals surface area contributed by atoms with E-state index in [2.05, 4.69) is 27.2 Å². The van der Waals surface area contributed by atoms with Gasteiger partial charge in [-0.05, 0) is 24.1 Å². The molecule has 0 amide bonds. The highest BCUT2D eigenvalue weighted by Gasteiger charge is 2.02. The summed E-state index contributed by atoms with van der Waals surface area (Å²) >= 11 is 0. The zero-order valence-electron chi connectivity index (χ0n) is 9.84. The predicted octanol–water partition coefficient (Wildman–Crippen LogP) is 1.49. The first kappa shape index (κ1) is 11.7. The fraction of sp³-hybridized carbons (Fsp3) is 0.0769. The molecule has 1 heterocycles. The van der Waals surface area contributed by atoms with Crippen molar-refractivity contribution in [1.29, 1.82) is 0 Å². The third kappa shape index (κ3) is 2.68. The van der Waals surface area contributed by atoms with Crippen LogP contribution < -0.4 is 15.8 Å². The number of ether oxygens (including phenoxy) is 1. The van der Waals surface area contributed by atoms with Crippen LogP contribution in [0.5, 0.6) is 5.75 Å². The van der Waals surface area contributed by atoms with Crippen LogP contribution in [0, 0.1) is 12.0 Å². The lowest BCUT2D eigenvalue weighted by molar-refractivity contribution is 0.416. The molecule has 0 fully saturated rings. The normalized spacial score (nSPS) is 9.17. The van der Waals surface area contributed by atoms with E-state index in [4.69, 9.17) is 10.5 Å². The lowest BCUT2D eigenvalue weighted by Gasteiger charge is -2.05. The number of hydrogen-bond donors (Lipinski definition) is 2. The van der Waals surface area contributed by atoms with E-state index in [1.807, 2.05) is 12.1 Å². The summed E-state index contributed by atoms with van der Waals surface area (Å²) in [5.74, 6) is 3.93. The number of methoxy groups -OCH3 is 1. The van der Waals surface area contributed by atoms with Crippen LogP contribution in [0.4, 0.5) is 11.6 Å². The lowest BCUT2D eigenvalue weighted by Crippen LogP contribution is -1.96. The molecule has 3 N–H and O–H groups in total. The first-order valence-corrected chi connectivity index (χ1v) is 5.28. The smallest absolute Gasteiger partial charge is 0.234 e. The molecule has 0 unspecified atom stereocenters. The van der Waals surface area contributed by atoms with Crippen molar-refractivity contribution < 1.29 is 4.74 Å². The summed E-state index contributed by atoms with van der Waals surface area (Å²) in [6.07, 6.45) is 3.27. The molecule has 0 saturated carbocycles. The third-order valence-electron chi connectivity index (χ3n) is 2.19. The SMILES string of the molecule is COc1c(N)cccc1C#CNc1ncccn1.